The molecule has 0 spiro atoms. The van der Waals surface area contributed by atoms with Gasteiger partial charge in [0, 0.05) is 23.5 Å². The molecule has 0 saturated heterocycles. The molecule has 1 N–H and O–H groups in total. The van der Waals surface area contributed by atoms with E-state index in [2.05, 4.69) is 4.90 Å². The molecule has 1 aliphatic heterocycles. The number of hydrogen-bond acceptors (Lipinski definition) is 5. The maximum atomic E-state index is 11.6. The van der Waals surface area contributed by atoms with Crippen molar-refractivity contribution in [1.29, 1.82) is 0 Å². The van der Waals surface area contributed by atoms with Gasteiger partial charge in [-0.05, 0) is 20.4 Å². The van der Waals surface area contributed by atoms with Crippen LogP contribution >= 0.6 is 11.3 Å². The highest BCUT2D eigenvalue weighted by Crippen LogP contribution is 2.38. The lowest BCUT2D eigenvalue weighted by molar-refractivity contribution is 0.0529. The molecule has 1 aromatic rings. The van der Waals surface area contributed by atoms with Gasteiger partial charge >= 0.3 is 5.97 Å². The summed E-state index contributed by atoms with van der Waals surface area (Å²) in [7, 11) is 2.00. The average molecular weight is 241 g/mol. The zero-order chi connectivity index (χ0) is 11.7. The highest BCUT2D eigenvalue weighted by Gasteiger charge is 2.26. The van der Waals surface area contributed by atoms with Gasteiger partial charge in [0.25, 0.3) is 0 Å². The second kappa shape index (κ2) is 4.43. The van der Waals surface area contributed by atoms with E-state index in [1.165, 1.54) is 11.3 Å². The van der Waals surface area contributed by atoms with Gasteiger partial charge in [-0.15, -0.1) is 11.3 Å². The monoisotopic (exact) mass is 241 g/mol. The molecular formula is C11H15NO3S. The molecule has 1 aliphatic rings. The number of esters is 1. The van der Waals surface area contributed by atoms with E-state index in [9.17, 15) is 9.90 Å². The first-order chi connectivity index (χ1) is 7.63. The van der Waals surface area contributed by atoms with Crippen molar-refractivity contribution in [2.24, 2.45) is 0 Å². The highest BCUT2D eigenvalue weighted by molar-refractivity contribution is 7.14. The molecule has 0 radical (unpaired) electrons. The molecule has 0 saturated carbocycles. The Balaban J connectivity index is 2.32. The van der Waals surface area contributed by atoms with Gasteiger partial charge in [-0.3, -0.25) is 0 Å². The largest absolute Gasteiger partial charge is 0.506 e. The zero-order valence-corrected chi connectivity index (χ0v) is 10.3. The minimum absolute atomic E-state index is 0.116. The van der Waals surface area contributed by atoms with Gasteiger partial charge in [-0.25, -0.2) is 4.79 Å². The van der Waals surface area contributed by atoms with Crippen molar-refractivity contribution in [3.8, 4) is 5.75 Å². The third kappa shape index (κ3) is 1.92. The first-order valence-corrected chi connectivity index (χ1v) is 6.14. The van der Waals surface area contributed by atoms with Crippen LogP contribution in [0, 0.1) is 0 Å². The van der Waals surface area contributed by atoms with Crippen LogP contribution in [0.3, 0.4) is 0 Å². The van der Waals surface area contributed by atoms with E-state index < -0.39 is 5.97 Å². The van der Waals surface area contributed by atoms with Crippen molar-refractivity contribution in [3.05, 3.63) is 15.3 Å². The van der Waals surface area contributed by atoms with Crippen LogP contribution in [0.4, 0.5) is 0 Å². The summed E-state index contributed by atoms with van der Waals surface area (Å²) < 4.78 is 4.91. The SMILES string of the molecule is CCOC(=O)c1sc2c(c1O)CN(C)CC2. The number of carbonyl (C=O) groups is 1. The second-order valence-corrected chi connectivity index (χ2v) is 4.99. The van der Waals surface area contributed by atoms with E-state index in [1.54, 1.807) is 6.92 Å². The fourth-order valence-electron chi connectivity index (χ4n) is 1.84. The Morgan fingerprint density at radius 3 is 3.06 bits per heavy atom. The van der Waals surface area contributed by atoms with Gasteiger partial charge in [0.1, 0.15) is 5.75 Å². The molecule has 0 amide bonds. The van der Waals surface area contributed by atoms with Crippen molar-refractivity contribution >= 4 is 17.3 Å². The Bertz CT molecular complexity index is 414. The topological polar surface area (TPSA) is 49.8 Å². The van der Waals surface area contributed by atoms with E-state index >= 15 is 0 Å². The number of likely N-dealkylation sites (N-methyl/N-ethyl adjacent to an activating group) is 1. The minimum atomic E-state index is -0.415. The van der Waals surface area contributed by atoms with Gasteiger partial charge in [0.2, 0.25) is 0 Å². The van der Waals surface area contributed by atoms with Crippen molar-refractivity contribution in [2.45, 2.75) is 19.9 Å². The fourth-order valence-corrected chi connectivity index (χ4v) is 2.93. The maximum absolute atomic E-state index is 11.6. The number of thiophene rings is 1. The van der Waals surface area contributed by atoms with Gasteiger partial charge in [-0.1, -0.05) is 0 Å². The molecule has 0 aliphatic carbocycles. The van der Waals surface area contributed by atoms with Crippen LogP contribution in [0.15, 0.2) is 0 Å². The summed E-state index contributed by atoms with van der Waals surface area (Å²) in [6, 6.07) is 0. The second-order valence-electron chi connectivity index (χ2n) is 3.89. The van der Waals surface area contributed by atoms with Crippen LogP contribution in [-0.2, 0) is 17.7 Å². The first-order valence-electron chi connectivity index (χ1n) is 5.32. The lowest BCUT2D eigenvalue weighted by Crippen LogP contribution is -2.25. The first kappa shape index (κ1) is 11.4. The predicted octanol–water partition coefficient (Wildman–Crippen LogP) is 1.62. The summed E-state index contributed by atoms with van der Waals surface area (Å²) in [6.45, 7) is 3.77. The Morgan fingerprint density at radius 2 is 2.38 bits per heavy atom. The Hall–Kier alpha value is -1.07. The normalized spacial score (nSPS) is 15.9. The Labute approximate surface area is 98.4 Å². The van der Waals surface area contributed by atoms with Gasteiger partial charge in [0.05, 0.1) is 6.61 Å². The summed E-state index contributed by atoms with van der Waals surface area (Å²) in [5, 5.41) is 9.97. The summed E-state index contributed by atoms with van der Waals surface area (Å²) >= 11 is 1.36. The number of ether oxygens (including phenoxy) is 1. The molecule has 0 fully saturated rings. The van der Waals surface area contributed by atoms with E-state index in [0.29, 0.717) is 18.0 Å². The van der Waals surface area contributed by atoms with Crippen molar-refractivity contribution in [3.63, 3.8) is 0 Å². The number of rotatable bonds is 2. The molecule has 0 unspecified atom stereocenters. The van der Waals surface area contributed by atoms with Crippen molar-refractivity contribution in [1.82, 2.24) is 4.90 Å². The van der Waals surface area contributed by atoms with E-state index in [1.807, 2.05) is 7.05 Å². The molecule has 16 heavy (non-hydrogen) atoms. The van der Waals surface area contributed by atoms with E-state index in [-0.39, 0.29) is 5.75 Å². The number of fused-ring (bicyclic) bond motifs is 1. The van der Waals surface area contributed by atoms with E-state index in [4.69, 9.17) is 4.74 Å². The molecule has 5 heteroatoms. The lowest BCUT2D eigenvalue weighted by Gasteiger charge is -2.21. The van der Waals surface area contributed by atoms with Crippen LogP contribution < -0.4 is 0 Å². The number of aromatic hydroxyl groups is 1. The standard InChI is InChI=1S/C11H15NO3S/c1-3-15-11(14)10-9(13)7-6-12(2)5-4-8(7)16-10/h13H,3-6H2,1-2H3. The third-order valence-electron chi connectivity index (χ3n) is 2.67. The lowest BCUT2D eigenvalue weighted by atomic mass is 10.1. The minimum Gasteiger partial charge on any atom is -0.506 e. The molecule has 2 heterocycles. The summed E-state index contributed by atoms with van der Waals surface area (Å²) in [6.07, 6.45) is 0.892. The molecule has 0 atom stereocenters. The van der Waals surface area contributed by atoms with Crippen LogP contribution in [0.2, 0.25) is 0 Å². The van der Waals surface area contributed by atoms with E-state index in [0.717, 1.165) is 23.4 Å². The van der Waals surface area contributed by atoms with Gasteiger partial charge in [-0.2, -0.15) is 0 Å². The molecule has 2 rings (SSSR count). The summed E-state index contributed by atoms with van der Waals surface area (Å²) in [5.74, 6) is -0.299. The smallest absolute Gasteiger partial charge is 0.352 e. The van der Waals surface area contributed by atoms with Crippen LogP contribution in [0.25, 0.3) is 0 Å². The number of nitrogens with zero attached hydrogens (tertiary/aromatic N) is 1. The molecule has 0 aromatic carbocycles. The molecule has 1 aromatic heterocycles. The predicted molar refractivity (Wildman–Crippen MR) is 62.0 cm³/mol. The highest BCUT2D eigenvalue weighted by atomic mass is 32.1. The van der Waals surface area contributed by atoms with Crippen LogP contribution in [0.5, 0.6) is 5.75 Å². The Kier molecular flexibility index (Phi) is 3.16. The fraction of sp³-hybridized carbons (Fsp3) is 0.545. The third-order valence-corrected chi connectivity index (χ3v) is 3.93. The number of carbonyl (C=O) groups excluding carboxylic acids is 1. The zero-order valence-electron chi connectivity index (χ0n) is 9.45. The maximum Gasteiger partial charge on any atom is 0.352 e. The van der Waals surface area contributed by atoms with Gasteiger partial charge < -0.3 is 14.7 Å². The van der Waals surface area contributed by atoms with Crippen molar-refractivity contribution in [2.75, 3.05) is 20.2 Å². The number of hydrogen-bond donors (Lipinski definition) is 1. The van der Waals surface area contributed by atoms with Crippen LogP contribution in [0.1, 0.15) is 27.0 Å². The molecular weight excluding hydrogens is 226 g/mol. The van der Waals surface area contributed by atoms with Crippen LogP contribution in [-0.4, -0.2) is 36.2 Å². The molecule has 88 valence electrons. The van der Waals surface area contributed by atoms with Crippen molar-refractivity contribution < 1.29 is 14.6 Å². The average Bonchev–Trinajstić information content (AvgIpc) is 2.57. The molecule has 4 nitrogen and oxygen atoms in total. The Morgan fingerprint density at radius 1 is 1.62 bits per heavy atom. The summed E-state index contributed by atoms with van der Waals surface area (Å²) in [5.41, 5.74) is 0.891. The molecule has 0 bridgehead atoms. The summed E-state index contributed by atoms with van der Waals surface area (Å²) in [4.78, 5) is 15.2. The quantitative estimate of drug-likeness (QED) is 0.799. The van der Waals surface area contributed by atoms with Gasteiger partial charge in [0.15, 0.2) is 4.88 Å².